The van der Waals surface area contributed by atoms with Crippen molar-refractivity contribution in [2.45, 2.75) is 31.0 Å². The molecule has 1 aliphatic carbocycles. The molecule has 0 unspecified atom stereocenters. The molecule has 0 aliphatic heterocycles. The summed E-state index contributed by atoms with van der Waals surface area (Å²) >= 11 is 0. The molecule has 0 atom stereocenters. The Hall–Kier alpha value is -2.61. The van der Waals surface area contributed by atoms with Crippen LogP contribution in [0.1, 0.15) is 36.0 Å². The van der Waals surface area contributed by atoms with Crippen molar-refractivity contribution in [2.24, 2.45) is 5.84 Å². The standard InChI is InChI=1S/C17H18F3N5/c1-11(25-21)12-9-22-15(23-10-12)24-16(6-3-7-16)13-4-2-5-14(8-13)17(18,19)20/h2,4-5,8-10,25H,1,3,6-7,21H2,(H,22,23,24). The summed E-state index contributed by atoms with van der Waals surface area (Å²) in [7, 11) is 0. The number of hydrogen-bond acceptors (Lipinski definition) is 5. The summed E-state index contributed by atoms with van der Waals surface area (Å²) in [6.45, 7) is 3.71. The van der Waals surface area contributed by atoms with Gasteiger partial charge in [-0.1, -0.05) is 18.7 Å². The minimum atomic E-state index is -4.37. The van der Waals surface area contributed by atoms with Gasteiger partial charge in [-0.15, -0.1) is 0 Å². The second-order valence-electron chi connectivity index (χ2n) is 6.06. The summed E-state index contributed by atoms with van der Waals surface area (Å²) in [5.41, 5.74) is 2.89. The normalized spacial score (nSPS) is 16.0. The van der Waals surface area contributed by atoms with Crippen LogP contribution in [0.2, 0.25) is 0 Å². The van der Waals surface area contributed by atoms with Crippen molar-refractivity contribution in [1.82, 2.24) is 15.4 Å². The van der Waals surface area contributed by atoms with E-state index in [0.717, 1.165) is 25.3 Å². The third-order valence-corrected chi connectivity index (χ3v) is 4.48. The Bertz CT molecular complexity index is 767. The molecule has 0 amide bonds. The van der Waals surface area contributed by atoms with Gasteiger partial charge >= 0.3 is 6.18 Å². The number of hydrogen-bond donors (Lipinski definition) is 3. The molecule has 0 saturated heterocycles. The molecule has 1 aliphatic rings. The van der Waals surface area contributed by atoms with Crippen molar-refractivity contribution in [3.63, 3.8) is 0 Å². The zero-order valence-electron chi connectivity index (χ0n) is 13.4. The third kappa shape index (κ3) is 3.43. The first-order valence-corrected chi connectivity index (χ1v) is 7.78. The molecule has 3 rings (SSSR count). The van der Waals surface area contributed by atoms with Crippen molar-refractivity contribution < 1.29 is 13.2 Å². The van der Waals surface area contributed by atoms with Crippen LogP contribution < -0.4 is 16.6 Å². The Morgan fingerprint density at radius 2 is 1.88 bits per heavy atom. The van der Waals surface area contributed by atoms with Gasteiger partial charge in [0.15, 0.2) is 0 Å². The number of rotatable bonds is 5. The van der Waals surface area contributed by atoms with E-state index in [1.54, 1.807) is 18.5 Å². The SMILES string of the molecule is C=C(NN)c1cnc(NC2(c3cccc(C(F)(F)F)c3)CCC2)nc1. The first-order valence-electron chi connectivity index (χ1n) is 7.78. The summed E-state index contributed by atoms with van der Waals surface area (Å²) < 4.78 is 39.0. The maximum atomic E-state index is 13.0. The van der Waals surface area contributed by atoms with E-state index in [-0.39, 0.29) is 0 Å². The van der Waals surface area contributed by atoms with E-state index in [2.05, 4.69) is 27.3 Å². The first-order chi connectivity index (χ1) is 11.8. The van der Waals surface area contributed by atoms with Gasteiger partial charge in [-0.2, -0.15) is 13.2 Å². The van der Waals surface area contributed by atoms with E-state index in [0.29, 0.717) is 22.8 Å². The molecule has 132 valence electrons. The molecule has 8 heteroatoms. The van der Waals surface area contributed by atoms with Crippen molar-refractivity contribution in [3.8, 4) is 0 Å². The third-order valence-electron chi connectivity index (χ3n) is 4.48. The van der Waals surface area contributed by atoms with E-state index in [9.17, 15) is 13.2 Å². The molecule has 0 radical (unpaired) electrons. The van der Waals surface area contributed by atoms with Crippen LogP contribution in [-0.4, -0.2) is 9.97 Å². The minimum absolute atomic E-state index is 0.352. The summed E-state index contributed by atoms with van der Waals surface area (Å²) in [5.74, 6) is 5.64. The number of aromatic nitrogens is 2. The molecule has 1 aromatic carbocycles. The Morgan fingerprint density at radius 1 is 1.20 bits per heavy atom. The smallest absolute Gasteiger partial charge is 0.345 e. The predicted molar refractivity (Wildman–Crippen MR) is 89.0 cm³/mol. The van der Waals surface area contributed by atoms with Crippen LogP contribution in [-0.2, 0) is 11.7 Å². The monoisotopic (exact) mass is 349 g/mol. The molecule has 1 heterocycles. The van der Waals surface area contributed by atoms with Gasteiger partial charge in [0.05, 0.1) is 16.8 Å². The number of benzene rings is 1. The van der Waals surface area contributed by atoms with Gasteiger partial charge in [0.2, 0.25) is 5.95 Å². The van der Waals surface area contributed by atoms with Gasteiger partial charge in [0.1, 0.15) is 0 Å². The lowest BCUT2D eigenvalue weighted by Crippen LogP contribution is -2.42. The lowest BCUT2D eigenvalue weighted by atomic mass is 9.71. The van der Waals surface area contributed by atoms with Gasteiger partial charge < -0.3 is 10.7 Å². The quantitative estimate of drug-likeness (QED) is 0.570. The molecule has 2 aromatic rings. The van der Waals surface area contributed by atoms with Gasteiger partial charge in [0, 0.05) is 18.0 Å². The highest BCUT2D eigenvalue weighted by Gasteiger charge is 2.41. The Balaban J connectivity index is 1.86. The molecule has 25 heavy (non-hydrogen) atoms. The number of nitrogens with zero attached hydrogens (tertiary/aromatic N) is 2. The van der Waals surface area contributed by atoms with E-state index < -0.39 is 17.3 Å². The van der Waals surface area contributed by atoms with Crippen LogP contribution in [0.3, 0.4) is 0 Å². The fourth-order valence-corrected chi connectivity index (χ4v) is 2.86. The highest BCUT2D eigenvalue weighted by atomic mass is 19.4. The average Bonchev–Trinajstić information content (AvgIpc) is 2.57. The van der Waals surface area contributed by atoms with E-state index in [1.807, 2.05) is 0 Å². The van der Waals surface area contributed by atoms with Gasteiger partial charge in [-0.3, -0.25) is 5.84 Å². The average molecular weight is 349 g/mol. The van der Waals surface area contributed by atoms with Crippen molar-refractivity contribution in [3.05, 3.63) is 59.9 Å². The molecule has 4 N–H and O–H groups in total. The summed E-state index contributed by atoms with van der Waals surface area (Å²) in [6, 6.07) is 5.41. The minimum Gasteiger partial charge on any atom is -0.345 e. The first kappa shape index (κ1) is 17.2. The number of alkyl halides is 3. The van der Waals surface area contributed by atoms with Crippen LogP contribution in [0, 0.1) is 0 Å². The second-order valence-corrected chi connectivity index (χ2v) is 6.06. The Kier molecular flexibility index (Phi) is 4.38. The van der Waals surface area contributed by atoms with Crippen molar-refractivity contribution in [1.29, 1.82) is 0 Å². The molecule has 1 aromatic heterocycles. The van der Waals surface area contributed by atoms with Crippen molar-refractivity contribution >= 4 is 11.6 Å². The van der Waals surface area contributed by atoms with E-state index in [1.165, 1.54) is 12.1 Å². The zero-order chi connectivity index (χ0) is 18.1. The molecule has 5 nitrogen and oxygen atoms in total. The number of hydrazine groups is 1. The van der Waals surface area contributed by atoms with Crippen LogP contribution in [0.15, 0.2) is 43.2 Å². The Labute approximate surface area is 143 Å². The van der Waals surface area contributed by atoms with Crippen LogP contribution >= 0.6 is 0 Å². The van der Waals surface area contributed by atoms with E-state index >= 15 is 0 Å². The summed E-state index contributed by atoms with van der Waals surface area (Å²) in [6.07, 6.45) is 1.10. The molecular formula is C17H18F3N5. The number of anilines is 1. The topological polar surface area (TPSA) is 75.9 Å². The molecule has 1 fully saturated rings. The van der Waals surface area contributed by atoms with E-state index in [4.69, 9.17) is 5.84 Å². The number of nitrogens with one attached hydrogen (secondary N) is 2. The zero-order valence-corrected chi connectivity index (χ0v) is 13.4. The highest BCUT2D eigenvalue weighted by Crippen LogP contribution is 2.44. The second kappa shape index (κ2) is 6.36. The van der Waals surface area contributed by atoms with Crippen molar-refractivity contribution in [2.75, 3.05) is 5.32 Å². The van der Waals surface area contributed by atoms with Crippen LogP contribution in [0.4, 0.5) is 19.1 Å². The maximum absolute atomic E-state index is 13.0. The number of nitrogens with two attached hydrogens (primary N) is 1. The largest absolute Gasteiger partial charge is 0.416 e. The lowest BCUT2D eigenvalue weighted by Gasteiger charge is -2.43. The molecule has 1 saturated carbocycles. The highest BCUT2D eigenvalue weighted by molar-refractivity contribution is 5.59. The molecule has 0 spiro atoms. The number of halogens is 3. The molecule has 0 bridgehead atoms. The van der Waals surface area contributed by atoms with Gasteiger partial charge in [-0.25, -0.2) is 9.97 Å². The fraction of sp³-hybridized carbons (Fsp3) is 0.294. The maximum Gasteiger partial charge on any atom is 0.416 e. The lowest BCUT2D eigenvalue weighted by molar-refractivity contribution is -0.137. The van der Waals surface area contributed by atoms with Gasteiger partial charge in [0.25, 0.3) is 0 Å². The van der Waals surface area contributed by atoms with Crippen LogP contribution in [0.25, 0.3) is 5.70 Å². The summed E-state index contributed by atoms with van der Waals surface area (Å²) in [5, 5.41) is 3.20. The molecular weight excluding hydrogens is 331 g/mol. The Morgan fingerprint density at radius 3 is 2.40 bits per heavy atom. The summed E-state index contributed by atoms with van der Waals surface area (Å²) in [4.78, 5) is 8.42. The fourth-order valence-electron chi connectivity index (χ4n) is 2.86. The van der Waals surface area contributed by atoms with Gasteiger partial charge in [-0.05, 0) is 37.0 Å². The van der Waals surface area contributed by atoms with Crippen LogP contribution in [0.5, 0.6) is 0 Å². The predicted octanol–water partition coefficient (Wildman–Crippen LogP) is 3.42.